The molecule has 0 bridgehead atoms. The average molecular weight is 352 g/mol. The fourth-order valence-corrected chi connectivity index (χ4v) is 2.48. The van der Waals surface area contributed by atoms with Crippen LogP contribution in [0.25, 0.3) is 0 Å². The number of hydrogen-bond acceptors (Lipinski definition) is 3. The Bertz CT molecular complexity index is 539. The molecule has 1 atom stereocenters. The maximum absolute atomic E-state index is 5.71. The first-order valence-corrected chi connectivity index (χ1v) is 8.16. The van der Waals surface area contributed by atoms with Gasteiger partial charge in [0, 0.05) is 22.3 Å². The summed E-state index contributed by atoms with van der Waals surface area (Å²) in [5.74, 6) is 0.879. The van der Waals surface area contributed by atoms with Gasteiger partial charge in [0.2, 0.25) is 0 Å². The maximum atomic E-state index is 5.71. The highest BCUT2D eigenvalue weighted by Crippen LogP contribution is 2.17. The predicted octanol–water partition coefficient (Wildman–Crippen LogP) is 3.79. The van der Waals surface area contributed by atoms with E-state index in [2.05, 4.69) is 46.4 Å². The van der Waals surface area contributed by atoms with Crippen molar-refractivity contribution in [1.29, 1.82) is 0 Å². The van der Waals surface area contributed by atoms with Crippen LogP contribution in [0.5, 0.6) is 5.75 Å². The zero-order chi connectivity index (χ0) is 15.1. The number of ether oxygens (including phenoxy) is 1. The molecular formula is C16H22BrN3O. The molecule has 1 aromatic heterocycles. The molecule has 0 fully saturated rings. The second-order valence-corrected chi connectivity index (χ2v) is 5.77. The molecule has 1 aromatic carbocycles. The predicted molar refractivity (Wildman–Crippen MR) is 88.6 cm³/mol. The van der Waals surface area contributed by atoms with Crippen LogP contribution in [0.1, 0.15) is 31.9 Å². The molecule has 5 heteroatoms. The van der Waals surface area contributed by atoms with Gasteiger partial charge in [-0.15, -0.1) is 0 Å². The van der Waals surface area contributed by atoms with E-state index in [1.165, 1.54) is 5.56 Å². The molecule has 4 nitrogen and oxygen atoms in total. The molecule has 0 aliphatic carbocycles. The molecular weight excluding hydrogens is 330 g/mol. The van der Waals surface area contributed by atoms with Gasteiger partial charge >= 0.3 is 0 Å². The Labute approximate surface area is 134 Å². The SMILES string of the molecule is CCNC(CC)c1cnn(CCOc2ccc(Br)cc2)c1. The van der Waals surface area contributed by atoms with Crippen molar-refractivity contribution in [3.8, 4) is 5.75 Å². The molecule has 0 radical (unpaired) electrons. The Morgan fingerprint density at radius 3 is 2.71 bits per heavy atom. The summed E-state index contributed by atoms with van der Waals surface area (Å²) in [5, 5.41) is 7.86. The van der Waals surface area contributed by atoms with Crippen molar-refractivity contribution < 1.29 is 4.74 Å². The monoisotopic (exact) mass is 351 g/mol. The molecule has 2 rings (SSSR count). The van der Waals surface area contributed by atoms with Crippen LogP contribution in [-0.4, -0.2) is 22.9 Å². The molecule has 0 saturated carbocycles. The Hall–Kier alpha value is -1.33. The van der Waals surface area contributed by atoms with Crippen LogP contribution in [0, 0.1) is 0 Å². The van der Waals surface area contributed by atoms with Gasteiger partial charge in [0.15, 0.2) is 0 Å². The molecule has 0 saturated heterocycles. The standard InChI is InChI=1S/C16H22BrN3O/c1-3-16(18-4-2)13-11-19-20(12-13)9-10-21-15-7-5-14(17)6-8-15/h5-8,11-12,16,18H,3-4,9-10H2,1-2H3. The topological polar surface area (TPSA) is 39.1 Å². The zero-order valence-electron chi connectivity index (χ0n) is 12.6. The van der Waals surface area contributed by atoms with Crippen LogP contribution in [0.15, 0.2) is 41.1 Å². The summed E-state index contributed by atoms with van der Waals surface area (Å²) < 4.78 is 8.71. The summed E-state index contributed by atoms with van der Waals surface area (Å²) in [7, 11) is 0. The maximum Gasteiger partial charge on any atom is 0.119 e. The third-order valence-corrected chi connectivity index (χ3v) is 3.85. The van der Waals surface area contributed by atoms with E-state index >= 15 is 0 Å². The van der Waals surface area contributed by atoms with Crippen molar-refractivity contribution in [3.63, 3.8) is 0 Å². The minimum atomic E-state index is 0.385. The van der Waals surface area contributed by atoms with E-state index in [9.17, 15) is 0 Å². The molecule has 1 N–H and O–H groups in total. The number of hydrogen-bond donors (Lipinski definition) is 1. The van der Waals surface area contributed by atoms with Crippen LogP contribution in [0.3, 0.4) is 0 Å². The lowest BCUT2D eigenvalue weighted by molar-refractivity contribution is 0.291. The summed E-state index contributed by atoms with van der Waals surface area (Å²) >= 11 is 3.41. The van der Waals surface area contributed by atoms with Crippen LogP contribution in [0.2, 0.25) is 0 Å². The van der Waals surface area contributed by atoms with Gasteiger partial charge in [0.1, 0.15) is 12.4 Å². The van der Waals surface area contributed by atoms with E-state index in [-0.39, 0.29) is 0 Å². The molecule has 1 unspecified atom stereocenters. The van der Waals surface area contributed by atoms with Crippen molar-refractivity contribution in [3.05, 3.63) is 46.7 Å². The van der Waals surface area contributed by atoms with Gasteiger partial charge in [0.25, 0.3) is 0 Å². The van der Waals surface area contributed by atoms with Gasteiger partial charge in [-0.2, -0.15) is 5.10 Å². The van der Waals surface area contributed by atoms with Gasteiger partial charge in [-0.25, -0.2) is 0 Å². The van der Waals surface area contributed by atoms with Crippen molar-refractivity contribution >= 4 is 15.9 Å². The van der Waals surface area contributed by atoms with E-state index in [1.807, 2.05) is 35.1 Å². The molecule has 0 aliphatic heterocycles. The quantitative estimate of drug-likeness (QED) is 0.786. The van der Waals surface area contributed by atoms with Crippen LogP contribution in [-0.2, 0) is 6.54 Å². The number of rotatable bonds is 8. The lowest BCUT2D eigenvalue weighted by Crippen LogP contribution is -2.19. The lowest BCUT2D eigenvalue weighted by atomic mass is 10.1. The molecule has 21 heavy (non-hydrogen) atoms. The molecule has 0 amide bonds. The second-order valence-electron chi connectivity index (χ2n) is 4.86. The smallest absolute Gasteiger partial charge is 0.119 e. The van der Waals surface area contributed by atoms with Crippen molar-refractivity contribution in [1.82, 2.24) is 15.1 Å². The van der Waals surface area contributed by atoms with Gasteiger partial charge in [-0.1, -0.05) is 29.8 Å². The molecule has 114 valence electrons. The summed E-state index contributed by atoms with van der Waals surface area (Å²) in [6.45, 7) is 6.64. The first-order valence-electron chi connectivity index (χ1n) is 7.37. The van der Waals surface area contributed by atoms with Crippen LogP contribution < -0.4 is 10.1 Å². The van der Waals surface area contributed by atoms with Crippen LogP contribution >= 0.6 is 15.9 Å². The zero-order valence-corrected chi connectivity index (χ0v) is 14.1. The number of nitrogens with one attached hydrogen (secondary N) is 1. The Morgan fingerprint density at radius 2 is 2.05 bits per heavy atom. The average Bonchev–Trinajstić information content (AvgIpc) is 2.95. The fourth-order valence-electron chi connectivity index (χ4n) is 2.21. The Balaban J connectivity index is 1.83. The summed E-state index contributed by atoms with van der Waals surface area (Å²) in [6.07, 6.45) is 5.10. The highest BCUT2D eigenvalue weighted by atomic mass is 79.9. The third kappa shape index (κ3) is 4.86. The number of benzene rings is 1. The minimum Gasteiger partial charge on any atom is -0.492 e. The van der Waals surface area contributed by atoms with Gasteiger partial charge in [-0.05, 0) is 37.2 Å². The highest BCUT2D eigenvalue weighted by Gasteiger charge is 2.09. The number of halogens is 1. The van der Waals surface area contributed by atoms with E-state index in [0.717, 1.165) is 29.7 Å². The van der Waals surface area contributed by atoms with Gasteiger partial charge in [-0.3, -0.25) is 4.68 Å². The lowest BCUT2D eigenvalue weighted by Gasteiger charge is -2.13. The fraction of sp³-hybridized carbons (Fsp3) is 0.438. The van der Waals surface area contributed by atoms with E-state index in [4.69, 9.17) is 4.74 Å². The second kappa shape index (κ2) is 8.20. The van der Waals surface area contributed by atoms with Gasteiger partial charge in [0.05, 0.1) is 12.7 Å². The first kappa shape index (κ1) is 16.0. The summed E-state index contributed by atoms with van der Waals surface area (Å²) in [5.41, 5.74) is 1.24. The third-order valence-electron chi connectivity index (χ3n) is 3.32. The Morgan fingerprint density at radius 1 is 1.29 bits per heavy atom. The summed E-state index contributed by atoms with van der Waals surface area (Å²) in [6, 6.07) is 8.25. The summed E-state index contributed by atoms with van der Waals surface area (Å²) in [4.78, 5) is 0. The first-order chi connectivity index (χ1) is 10.2. The van der Waals surface area contributed by atoms with Crippen molar-refractivity contribution in [2.45, 2.75) is 32.9 Å². The molecule has 1 heterocycles. The minimum absolute atomic E-state index is 0.385. The van der Waals surface area contributed by atoms with Crippen molar-refractivity contribution in [2.24, 2.45) is 0 Å². The molecule has 0 spiro atoms. The Kier molecular flexibility index (Phi) is 6.26. The van der Waals surface area contributed by atoms with E-state index in [1.54, 1.807) is 0 Å². The van der Waals surface area contributed by atoms with Gasteiger partial charge < -0.3 is 10.1 Å². The van der Waals surface area contributed by atoms with Crippen molar-refractivity contribution in [2.75, 3.05) is 13.2 Å². The highest BCUT2D eigenvalue weighted by molar-refractivity contribution is 9.10. The molecule has 2 aromatic rings. The number of aromatic nitrogens is 2. The number of nitrogens with zero attached hydrogens (tertiary/aromatic N) is 2. The normalized spacial score (nSPS) is 12.3. The molecule has 0 aliphatic rings. The van der Waals surface area contributed by atoms with E-state index in [0.29, 0.717) is 12.6 Å². The van der Waals surface area contributed by atoms with E-state index < -0.39 is 0 Å². The largest absolute Gasteiger partial charge is 0.492 e. The van der Waals surface area contributed by atoms with Crippen LogP contribution in [0.4, 0.5) is 0 Å².